The normalized spacial score (nSPS) is 12.6. The first kappa shape index (κ1) is 17.1. The van der Waals surface area contributed by atoms with Crippen LogP contribution in [0, 0.1) is 6.92 Å². The molecule has 0 aliphatic heterocycles. The van der Waals surface area contributed by atoms with Crippen molar-refractivity contribution >= 4 is 43.6 Å². The van der Waals surface area contributed by atoms with Gasteiger partial charge in [0.25, 0.3) is 0 Å². The van der Waals surface area contributed by atoms with Gasteiger partial charge in [0.1, 0.15) is 0 Å². The number of thioether (sulfide) groups is 1. The van der Waals surface area contributed by atoms with Crippen LogP contribution in [0.15, 0.2) is 38.1 Å². The molecule has 0 spiro atoms. The number of aromatic nitrogens is 2. The van der Waals surface area contributed by atoms with Gasteiger partial charge in [-0.25, -0.2) is 0 Å². The monoisotopic (exact) mass is 431 g/mol. The largest absolute Gasteiger partial charge is 0.316 e. The average molecular weight is 433 g/mol. The van der Waals surface area contributed by atoms with E-state index in [0.717, 1.165) is 26.8 Å². The number of rotatable bonds is 6. The van der Waals surface area contributed by atoms with Crippen LogP contribution in [0.3, 0.4) is 0 Å². The van der Waals surface area contributed by atoms with Crippen LogP contribution in [0.1, 0.15) is 11.4 Å². The van der Waals surface area contributed by atoms with Crippen molar-refractivity contribution in [3.05, 3.63) is 44.6 Å². The first-order valence-corrected chi connectivity index (χ1v) is 9.32. The number of hydrogen-bond acceptors (Lipinski definition) is 3. The molecule has 1 heterocycles. The maximum atomic E-state index is 4.46. The van der Waals surface area contributed by atoms with Gasteiger partial charge >= 0.3 is 0 Å². The van der Waals surface area contributed by atoms with E-state index in [1.165, 1.54) is 10.6 Å². The zero-order valence-corrected chi connectivity index (χ0v) is 16.3. The summed E-state index contributed by atoms with van der Waals surface area (Å²) in [6, 6.07) is 8.82. The Hall–Kier alpha value is -0.300. The van der Waals surface area contributed by atoms with Gasteiger partial charge < -0.3 is 5.32 Å². The Bertz CT molecular complexity index is 613. The summed E-state index contributed by atoms with van der Waals surface area (Å²) in [5.41, 5.74) is 2.28. The smallest absolute Gasteiger partial charge is 0.0738 e. The molecule has 1 N–H and O–H groups in total. The third kappa shape index (κ3) is 4.58. The number of nitrogens with one attached hydrogen (secondary N) is 1. The van der Waals surface area contributed by atoms with Crippen molar-refractivity contribution in [3.63, 3.8) is 0 Å². The SMILES string of the molecule is CNC(CSc1cccc(Br)c1)Cc1c(Br)c(C)nn1C. The fraction of sp³-hybridized carbons (Fsp3) is 0.400. The fourth-order valence-electron chi connectivity index (χ4n) is 2.13. The molecule has 0 radical (unpaired) electrons. The molecule has 0 amide bonds. The maximum Gasteiger partial charge on any atom is 0.0738 e. The lowest BCUT2D eigenvalue weighted by Crippen LogP contribution is -2.31. The Balaban J connectivity index is 2.00. The van der Waals surface area contributed by atoms with Crippen LogP contribution in [0.4, 0.5) is 0 Å². The molecule has 0 saturated heterocycles. The van der Waals surface area contributed by atoms with Gasteiger partial charge in [-0.3, -0.25) is 4.68 Å². The van der Waals surface area contributed by atoms with Crippen LogP contribution >= 0.6 is 43.6 Å². The maximum absolute atomic E-state index is 4.46. The average Bonchev–Trinajstić information content (AvgIpc) is 2.69. The Morgan fingerprint density at radius 2 is 2.14 bits per heavy atom. The second-order valence-corrected chi connectivity index (χ2v) is 7.73. The molecule has 2 aromatic rings. The van der Waals surface area contributed by atoms with Crippen molar-refractivity contribution in [2.24, 2.45) is 7.05 Å². The van der Waals surface area contributed by atoms with Crippen LogP contribution in [0.2, 0.25) is 0 Å². The van der Waals surface area contributed by atoms with Gasteiger partial charge in [0.05, 0.1) is 15.9 Å². The van der Waals surface area contributed by atoms with E-state index in [4.69, 9.17) is 0 Å². The number of nitrogens with zero attached hydrogens (tertiary/aromatic N) is 2. The molecule has 3 nitrogen and oxygen atoms in total. The van der Waals surface area contributed by atoms with Gasteiger partial charge in [-0.05, 0) is 48.1 Å². The van der Waals surface area contributed by atoms with E-state index in [2.05, 4.69) is 66.5 Å². The van der Waals surface area contributed by atoms with Gasteiger partial charge in [-0.1, -0.05) is 22.0 Å². The van der Waals surface area contributed by atoms with Crippen molar-refractivity contribution in [2.75, 3.05) is 12.8 Å². The van der Waals surface area contributed by atoms with E-state index in [1.54, 1.807) is 0 Å². The highest BCUT2D eigenvalue weighted by Gasteiger charge is 2.16. The van der Waals surface area contributed by atoms with Crippen molar-refractivity contribution in [1.29, 1.82) is 0 Å². The lowest BCUT2D eigenvalue weighted by molar-refractivity contribution is 0.580. The Morgan fingerprint density at radius 1 is 1.38 bits per heavy atom. The number of benzene rings is 1. The van der Waals surface area contributed by atoms with Crippen molar-refractivity contribution in [1.82, 2.24) is 15.1 Å². The highest BCUT2D eigenvalue weighted by molar-refractivity contribution is 9.10. The number of aryl methyl sites for hydroxylation is 2. The summed E-state index contributed by atoms with van der Waals surface area (Å²) in [5.74, 6) is 1.02. The van der Waals surface area contributed by atoms with Crippen molar-refractivity contribution in [3.8, 4) is 0 Å². The lowest BCUT2D eigenvalue weighted by Gasteiger charge is -2.16. The van der Waals surface area contributed by atoms with E-state index in [-0.39, 0.29) is 0 Å². The number of halogens is 2. The van der Waals surface area contributed by atoms with Crippen LogP contribution in [-0.4, -0.2) is 28.6 Å². The third-order valence-electron chi connectivity index (χ3n) is 3.36. The van der Waals surface area contributed by atoms with E-state index in [0.29, 0.717) is 6.04 Å². The molecule has 0 saturated carbocycles. The van der Waals surface area contributed by atoms with Crippen LogP contribution in [0.5, 0.6) is 0 Å². The second kappa shape index (κ2) is 7.81. The van der Waals surface area contributed by atoms with Gasteiger partial charge in [0.2, 0.25) is 0 Å². The molecular formula is C15H19Br2N3S. The molecule has 0 aliphatic rings. The summed E-state index contributed by atoms with van der Waals surface area (Å²) >= 11 is 9.02. The first-order chi connectivity index (χ1) is 10.0. The molecule has 2 rings (SSSR count). The molecular weight excluding hydrogens is 414 g/mol. The Morgan fingerprint density at radius 3 is 2.71 bits per heavy atom. The first-order valence-electron chi connectivity index (χ1n) is 6.75. The molecule has 1 unspecified atom stereocenters. The van der Waals surface area contributed by atoms with Gasteiger partial charge in [0.15, 0.2) is 0 Å². The molecule has 0 aliphatic carbocycles. The number of likely N-dealkylation sites (N-methyl/N-ethyl adjacent to an activating group) is 1. The minimum absolute atomic E-state index is 0.403. The minimum atomic E-state index is 0.403. The summed E-state index contributed by atoms with van der Waals surface area (Å²) in [4.78, 5) is 1.28. The number of hydrogen-bond donors (Lipinski definition) is 1. The van der Waals surface area contributed by atoms with Crippen LogP contribution in [-0.2, 0) is 13.5 Å². The standard InChI is InChI=1S/C15H19Br2N3S/c1-10-15(17)14(20(3)19-10)8-12(18-2)9-21-13-6-4-5-11(16)7-13/h4-7,12,18H,8-9H2,1-3H3. The molecule has 1 aromatic carbocycles. The highest BCUT2D eigenvalue weighted by Crippen LogP contribution is 2.25. The van der Waals surface area contributed by atoms with Crippen LogP contribution < -0.4 is 5.32 Å². The summed E-state index contributed by atoms with van der Waals surface area (Å²) < 4.78 is 4.21. The van der Waals surface area contributed by atoms with Crippen molar-refractivity contribution in [2.45, 2.75) is 24.3 Å². The zero-order chi connectivity index (χ0) is 15.4. The molecule has 1 atom stereocenters. The zero-order valence-electron chi connectivity index (χ0n) is 12.4. The molecule has 0 fully saturated rings. The van der Waals surface area contributed by atoms with Crippen molar-refractivity contribution < 1.29 is 0 Å². The van der Waals surface area contributed by atoms with Gasteiger partial charge in [0, 0.05) is 34.6 Å². The van der Waals surface area contributed by atoms with E-state index in [1.807, 2.05) is 37.5 Å². The van der Waals surface area contributed by atoms with E-state index in [9.17, 15) is 0 Å². The molecule has 114 valence electrons. The topological polar surface area (TPSA) is 29.9 Å². The summed E-state index contributed by atoms with van der Waals surface area (Å²) in [7, 11) is 4.02. The van der Waals surface area contributed by atoms with Crippen LogP contribution in [0.25, 0.3) is 0 Å². The van der Waals surface area contributed by atoms with Gasteiger partial charge in [-0.2, -0.15) is 5.10 Å². The van der Waals surface area contributed by atoms with Gasteiger partial charge in [-0.15, -0.1) is 11.8 Å². The lowest BCUT2D eigenvalue weighted by atomic mass is 10.2. The van der Waals surface area contributed by atoms with E-state index < -0.39 is 0 Å². The van der Waals surface area contributed by atoms with E-state index >= 15 is 0 Å². The Kier molecular flexibility index (Phi) is 6.34. The fourth-order valence-corrected chi connectivity index (χ4v) is 4.24. The molecule has 0 bridgehead atoms. The Labute approximate surface area is 147 Å². The molecule has 1 aromatic heterocycles. The summed E-state index contributed by atoms with van der Waals surface area (Å²) in [6.07, 6.45) is 0.954. The summed E-state index contributed by atoms with van der Waals surface area (Å²) in [5, 5.41) is 7.86. The third-order valence-corrected chi connectivity index (χ3v) is 6.04. The quantitative estimate of drug-likeness (QED) is 0.694. The second-order valence-electron chi connectivity index (χ2n) is 4.93. The molecule has 6 heteroatoms. The molecule has 21 heavy (non-hydrogen) atoms. The predicted molar refractivity (Wildman–Crippen MR) is 97.1 cm³/mol. The predicted octanol–water partition coefficient (Wildman–Crippen LogP) is 4.18. The summed E-state index contributed by atoms with van der Waals surface area (Å²) in [6.45, 7) is 2.03. The highest BCUT2D eigenvalue weighted by atomic mass is 79.9. The minimum Gasteiger partial charge on any atom is -0.316 e.